The number of carboxylic acid groups (broad SMARTS) is 1. The number of unbranched alkanes of at least 4 members (excludes halogenated alkanes) is 1. The molecule has 3 rings (SSSR count). The van der Waals surface area contributed by atoms with Crippen molar-refractivity contribution in [3.63, 3.8) is 0 Å². The number of ether oxygens (including phenoxy) is 3. The van der Waals surface area contributed by atoms with Gasteiger partial charge in [0.2, 0.25) is 0 Å². The maximum absolute atomic E-state index is 10.7. The van der Waals surface area contributed by atoms with Gasteiger partial charge in [0.05, 0.1) is 24.7 Å². The summed E-state index contributed by atoms with van der Waals surface area (Å²) in [7, 11) is 0. The maximum Gasteiger partial charge on any atom is 0.307 e. The van der Waals surface area contributed by atoms with Gasteiger partial charge in [-0.15, -0.1) is 0 Å². The molecule has 33 heavy (non-hydrogen) atoms. The van der Waals surface area contributed by atoms with Crippen LogP contribution < -0.4 is 14.2 Å². The van der Waals surface area contributed by atoms with Crippen molar-refractivity contribution in [1.29, 1.82) is 0 Å². The Balaban J connectivity index is 1.47. The number of carbonyl (C=O) groups is 1. The number of benzene rings is 3. The van der Waals surface area contributed by atoms with Gasteiger partial charge in [0.25, 0.3) is 0 Å². The van der Waals surface area contributed by atoms with Gasteiger partial charge in [-0.05, 0) is 61.2 Å². The first-order valence-electron chi connectivity index (χ1n) is 11.2. The first-order chi connectivity index (χ1) is 16.1. The van der Waals surface area contributed by atoms with E-state index in [1.165, 1.54) is 0 Å². The second kappa shape index (κ2) is 12.8. The molecule has 0 spiro atoms. The number of carboxylic acids is 1. The minimum absolute atomic E-state index is 0.0149. The molecule has 0 aromatic heterocycles. The van der Waals surface area contributed by atoms with Gasteiger partial charge in [-0.1, -0.05) is 55.3 Å². The van der Waals surface area contributed by atoms with Crippen LogP contribution in [0.2, 0.25) is 5.02 Å². The van der Waals surface area contributed by atoms with Gasteiger partial charge >= 0.3 is 5.97 Å². The third-order valence-corrected chi connectivity index (χ3v) is 5.39. The molecule has 3 aromatic carbocycles. The Bertz CT molecular complexity index is 1020. The molecule has 0 radical (unpaired) electrons. The van der Waals surface area contributed by atoms with E-state index >= 15 is 0 Å². The molecule has 0 saturated carbocycles. The summed E-state index contributed by atoms with van der Waals surface area (Å²) in [5.74, 6) is 2.05. The van der Waals surface area contributed by atoms with Gasteiger partial charge in [-0.25, -0.2) is 0 Å². The van der Waals surface area contributed by atoms with Crippen LogP contribution in [-0.4, -0.2) is 24.3 Å². The Labute approximate surface area is 199 Å². The fraction of sp³-hybridized carbons (Fsp3) is 0.296. The number of hydrogen-bond donors (Lipinski definition) is 1. The summed E-state index contributed by atoms with van der Waals surface area (Å²) < 4.78 is 17.7. The number of aliphatic carboxylic acids is 1. The fourth-order valence-corrected chi connectivity index (χ4v) is 3.64. The highest BCUT2D eigenvalue weighted by Gasteiger charge is 2.14. The van der Waals surface area contributed by atoms with Crippen molar-refractivity contribution in [2.24, 2.45) is 0 Å². The largest absolute Gasteiger partial charge is 0.494 e. The van der Waals surface area contributed by atoms with Crippen LogP contribution in [0, 0.1) is 0 Å². The molecule has 0 heterocycles. The van der Waals surface area contributed by atoms with E-state index in [4.69, 9.17) is 30.9 Å². The van der Waals surface area contributed by atoms with Crippen LogP contribution in [0.1, 0.15) is 37.3 Å². The summed E-state index contributed by atoms with van der Waals surface area (Å²) in [6, 6.07) is 20.5. The number of hydrogen-bond acceptors (Lipinski definition) is 4. The lowest BCUT2D eigenvalue weighted by Crippen LogP contribution is -2.05. The van der Waals surface area contributed by atoms with Crippen LogP contribution in [0.5, 0.6) is 23.0 Å². The molecule has 0 aliphatic heterocycles. The third kappa shape index (κ3) is 7.72. The number of rotatable bonds is 13. The predicted octanol–water partition coefficient (Wildman–Crippen LogP) is 6.95. The zero-order valence-electron chi connectivity index (χ0n) is 18.8. The minimum Gasteiger partial charge on any atom is -0.494 e. The molecule has 3 aromatic rings. The van der Waals surface area contributed by atoms with Crippen molar-refractivity contribution in [3.05, 3.63) is 82.9 Å². The molecule has 1 N–H and O–H groups in total. The zero-order valence-corrected chi connectivity index (χ0v) is 19.5. The van der Waals surface area contributed by atoms with Crippen LogP contribution in [0.25, 0.3) is 0 Å². The molecular formula is C27H29ClO5. The summed E-state index contributed by atoms with van der Waals surface area (Å²) >= 11 is 6.65. The highest BCUT2D eigenvalue weighted by Crippen LogP contribution is 2.38. The Morgan fingerprint density at radius 1 is 0.848 bits per heavy atom. The lowest BCUT2D eigenvalue weighted by atomic mass is 10.1. The first kappa shape index (κ1) is 24.5. The standard InChI is InChI=1S/C27H29ClO5/c1-2-8-23-24(15-16-25(27(23)28)33-22-9-4-3-5-10-22)32-18-7-6-17-31-21-13-11-20(12-14-21)19-26(29)30/h3-5,9-16H,2,6-8,17-19H2,1H3,(H,29,30). The molecule has 0 aliphatic rings. The summed E-state index contributed by atoms with van der Waals surface area (Å²) in [6.07, 6.45) is 3.44. The summed E-state index contributed by atoms with van der Waals surface area (Å²) in [4.78, 5) is 10.7. The lowest BCUT2D eigenvalue weighted by molar-refractivity contribution is -0.136. The van der Waals surface area contributed by atoms with Crippen molar-refractivity contribution < 1.29 is 24.1 Å². The van der Waals surface area contributed by atoms with Gasteiger partial charge in [0, 0.05) is 5.56 Å². The lowest BCUT2D eigenvalue weighted by Gasteiger charge is -2.16. The summed E-state index contributed by atoms with van der Waals surface area (Å²) in [6.45, 7) is 3.23. The molecular weight excluding hydrogens is 440 g/mol. The monoisotopic (exact) mass is 468 g/mol. The van der Waals surface area contributed by atoms with Gasteiger partial charge in [0.15, 0.2) is 0 Å². The van der Waals surface area contributed by atoms with E-state index in [0.717, 1.165) is 54.1 Å². The van der Waals surface area contributed by atoms with E-state index in [-0.39, 0.29) is 6.42 Å². The van der Waals surface area contributed by atoms with E-state index in [1.54, 1.807) is 24.3 Å². The second-order valence-electron chi connectivity index (χ2n) is 7.64. The average Bonchev–Trinajstić information content (AvgIpc) is 2.81. The van der Waals surface area contributed by atoms with E-state index in [1.807, 2.05) is 42.5 Å². The smallest absolute Gasteiger partial charge is 0.307 e. The molecule has 0 bridgehead atoms. The minimum atomic E-state index is -0.842. The van der Waals surface area contributed by atoms with Gasteiger partial charge in [-0.3, -0.25) is 4.79 Å². The highest BCUT2D eigenvalue weighted by atomic mass is 35.5. The van der Waals surface area contributed by atoms with Crippen LogP contribution in [-0.2, 0) is 17.6 Å². The molecule has 5 nitrogen and oxygen atoms in total. The van der Waals surface area contributed by atoms with Crippen LogP contribution >= 0.6 is 11.6 Å². The van der Waals surface area contributed by atoms with Gasteiger partial charge in [-0.2, -0.15) is 0 Å². The quantitative estimate of drug-likeness (QED) is 0.275. The summed E-state index contributed by atoms with van der Waals surface area (Å²) in [5, 5.41) is 9.41. The number of para-hydroxylation sites is 1. The number of halogens is 1. The van der Waals surface area contributed by atoms with Gasteiger partial charge in [0.1, 0.15) is 23.0 Å². The van der Waals surface area contributed by atoms with E-state index in [9.17, 15) is 4.79 Å². The Morgan fingerprint density at radius 2 is 1.52 bits per heavy atom. The Morgan fingerprint density at radius 3 is 2.18 bits per heavy atom. The Hall–Kier alpha value is -3.18. The van der Waals surface area contributed by atoms with Crippen molar-refractivity contribution in [2.75, 3.05) is 13.2 Å². The Kier molecular flexibility index (Phi) is 9.45. The molecule has 0 saturated heterocycles. The summed E-state index contributed by atoms with van der Waals surface area (Å²) in [5.41, 5.74) is 1.72. The third-order valence-electron chi connectivity index (χ3n) is 4.98. The zero-order chi connectivity index (χ0) is 23.5. The SMILES string of the molecule is CCCc1c(OCCCCOc2ccc(CC(=O)O)cc2)ccc(Oc2ccccc2)c1Cl. The van der Waals surface area contributed by atoms with Crippen molar-refractivity contribution >= 4 is 17.6 Å². The maximum atomic E-state index is 10.7. The topological polar surface area (TPSA) is 65.0 Å². The van der Waals surface area contributed by atoms with Crippen molar-refractivity contribution in [2.45, 2.75) is 39.0 Å². The van der Waals surface area contributed by atoms with E-state index < -0.39 is 5.97 Å². The first-order valence-corrected chi connectivity index (χ1v) is 11.5. The van der Waals surface area contributed by atoms with E-state index in [0.29, 0.717) is 24.0 Å². The van der Waals surface area contributed by atoms with E-state index in [2.05, 4.69) is 6.92 Å². The molecule has 174 valence electrons. The molecule has 0 unspecified atom stereocenters. The fourth-order valence-electron chi connectivity index (χ4n) is 3.35. The highest BCUT2D eigenvalue weighted by molar-refractivity contribution is 6.33. The predicted molar refractivity (Wildman–Crippen MR) is 130 cm³/mol. The van der Waals surface area contributed by atoms with Crippen molar-refractivity contribution in [3.8, 4) is 23.0 Å². The van der Waals surface area contributed by atoms with Crippen molar-refractivity contribution in [1.82, 2.24) is 0 Å². The molecule has 0 amide bonds. The molecule has 0 aliphatic carbocycles. The van der Waals surface area contributed by atoms with Crippen LogP contribution in [0.4, 0.5) is 0 Å². The molecule has 0 fully saturated rings. The average molecular weight is 469 g/mol. The second-order valence-corrected chi connectivity index (χ2v) is 8.02. The van der Waals surface area contributed by atoms with Gasteiger partial charge < -0.3 is 19.3 Å². The van der Waals surface area contributed by atoms with Crippen LogP contribution in [0.3, 0.4) is 0 Å². The van der Waals surface area contributed by atoms with Crippen LogP contribution in [0.15, 0.2) is 66.7 Å². The normalized spacial score (nSPS) is 10.6. The molecule has 6 heteroatoms. The molecule has 0 atom stereocenters.